The second kappa shape index (κ2) is 7.12. The van der Waals surface area contributed by atoms with E-state index in [-0.39, 0.29) is 11.8 Å². The highest BCUT2D eigenvalue weighted by Crippen LogP contribution is 2.03. The van der Waals surface area contributed by atoms with E-state index in [2.05, 4.69) is 16.9 Å². The van der Waals surface area contributed by atoms with Crippen LogP contribution in [0.15, 0.2) is 0 Å². The van der Waals surface area contributed by atoms with Gasteiger partial charge in [0.2, 0.25) is 5.91 Å². The molecule has 4 heteroatoms. The summed E-state index contributed by atoms with van der Waals surface area (Å²) < 4.78 is 0. The predicted molar refractivity (Wildman–Crippen MR) is 61.6 cm³/mol. The van der Waals surface area contributed by atoms with E-state index in [9.17, 15) is 4.79 Å². The summed E-state index contributed by atoms with van der Waals surface area (Å²) in [5, 5.41) is 6.07. The normalized spacial score (nSPS) is 16.4. The van der Waals surface area contributed by atoms with E-state index in [0.29, 0.717) is 0 Å². The van der Waals surface area contributed by atoms with Gasteiger partial charge >= 0.3 is 0 Å². The highest BCUT2D eigenvalue weighted by Gasteiger charge is 2.23. The van der Waals surface area contributed by atoms with E-state index in [1.807, 2.05) is 11.8 Å². The number of unbranched alkanes of at least 4 members (excludes halogenated alkanes) is 2. The van der Waals surface area contributed by atoms with Crippen molar-refractivity contribution in [3.63, 3.8) is 0 Å². The Labute approximate surface area is 90.4 Å². The molecule has 0 aromatic carbocycles. The Balaban J connectivity index is 1.85. The molecule has 3 nitrogen and oxygen atoms in total. The van der Waals surface area contributed by atoms with Crippen LogP contribution < -0.4 is 10.6 Å². The summed E-state index contributed by atoms with van der Waals surface area (Å²) in [7, 11) is 0. The molecule has 0 bridgehead atoms. The number of carbonyl (C=O) groups is 1. The minimum Gasteiger partial charge on any atom is -0.356 e. The SMILES string of the molecule is CSCCCCCNC(=O)C1CNC1. The van der Waals surface area contributed by atoms with Crippen molar-refractivity contribution in [3.05, 3.63) is 0 Å². The predicted octanol–water partition coefficient (Wildman–Crippen LogP) is 0.855. The molecule has 0 radical (unpaired) electrons. The molecular weight excluding hydrogens is 196 g/mol. The molecule has 0 atom stereocenters. The largest absolute Gasteiger partial charge is 0.356 e. The molecule has 0 aromatic heterocycles. The summed E-state index contributed by atoms with van der Waals surface area (Å²) >= 11 is 1.89. The van der Waals surface area contributed by atoms with Gasteiger partial charge in [-0.2, -0.15) is 11.8 Å². The number of rotatable bonds is 7. The van der Waals surface area contributed by atoms with Crippen LogP contribution in [0.2, 0.25) is 0 Å². The number of carbonyl (C=O) groups excluding carboxylic acids is 1. The fraction of sp³-hybridized carbons (Fsp3) is 0.900. The highest BCUT2D eigenvalue weighted by atomic mass is 32.2. The average Bonchev–Trinajstić information content (AvgIpc) is 2.08. The lowest BCUT2D eigenvalue weighted by Crippen LogP contribution is -2.50. The van der Waals surface area contributed by atoms with Gasteiger partial charge in [-0.25, -0.2) is 0 Å². The van der Waals surface area contributed by atoms with Gasteiger partial charge in [-0.15, -0.1) is 0 Å². The lowest BCUT2D eigenvalue weighted by atomic mass is 10.0. The summed E-state index contributed by atoms with van der Waals surface area (Å²) in [6.45, 7) is 2.57. The minimum atomic E-state index is 0.230. The molecule has 2 N–H and O–H groups in total. The van der Waals surface area contributed by atoms with Crippen LogP contribution in [-0.4, -0.2) is 37.6 Å². The Kier molecular flexibility index (Phi) is 6.03. The molecule has 0 aromatic rings. The zero-order chi connectivity index (χ0) is 10.2. The molecule has 0 aliphatic carbocycles. The van der Waals surface area contributed by atoms with Crippen molar-refractivity contribution < 1.29 is 4.79 Å². The van der Waals surface area contributed by atoms with Crippen LogP contribution in [0.1, 0.15) is 19.3 Å². The van der Waals surface area contributed by atoms with Crippen molar-refractivity contribution in [1.29, 1.82) is 0 Å². The van der Waals surface area contributed by atoms with Crippen molar-refractivity contribution >= 4 is 17.7 Å². The monoisotopic (exact) mass is 216 g/mol. The lowest BCUT2D eigenvalue weighted by molar-refractivity contribution is -0.126. The maximum atomic E-state index is 11.4. The van der Waals surface area contributed by atoms with Crippen molar-refractivity contribution in [2.75, 3.05) is 31.6 Å². The summed E-state index contributed by atoms with van der Waals surface area (Å²) in [4.78, 5) is 11.4. The number of hydrogen-bond acceptors (Lipinski definition) is 3. The first-order valence-electron chi connectivity index (χ1n) is 5.32. The fourth-order valence-electron chi connectivity index (χ4n) is 1.38. The van der Waals surface area contributed by atoms with Crippen LogP contribution in [-0.2, 0) is 4.79 Å². The molecular formula is C10H20N2OS. The van der Waals surface area contributed by atoms with Gasteiger partial charge < -0.3 is 10.6 Å². The highest BCUT2D eigenvalue weighted by molar-refractivity contribution is 7.98. The summed E-state index contributed by atoms with van der Waals surface area (Å²) in [6.07, 6.45) is 5.74. The third-order valence-corrected chi connectivity index (χ3v) is 3.17. The van der Waals surface area contributed by atoms with E-state index in [1.165, 1.54) is 18.6 Å². The molecule has 1 saturated heterocycles. The maximum absolute atomic E-state index is 11.4. The zero-order valence-corrected chi connectivity index (χ0v) is 9.66. The number of hydrogen-bond donors (Lipinski definition) is 2. The second-order valence-electron chi connectivity index (χ2n) is 3.70. The first-order valence-corrected chi connectivity index (χ1v) is 6.71. The molecule has 1 heterocycles. The van der Waals surface area contributed by atoms with Gasteiger partial charge in [-0.1, -0.05) is 6.42 Å². The van der Waals surface area contributed by atoms with Crippen LogP contribution in [0.4, 0.5) is 0 Å². The zero-order valence-electron chi connectivity index (χ0n) is 8.84. The van der Waals surface area contributed by atoms with E-state index in [1.54, 1.807) is 0 Å². The van der Waals surface area contributed by atoms with Crippen LogP contribution in [0.5, 0.6) is 0 Å². The van der Waals surface area contributed by atoms with Gasteiger partial charge in [0.15, 0.2) is 0 Å². The second-order valence-corrected chi connectivity index (χ2v) is 4.69. The van der Waals surface area contributed by atoms with Crippen molar-refractivity contribution in [1.82, 2.24) is 10.6 Å². The molecule has 0 unspecified atom stereocenters. The molecule has 0 saturated carbocycles. The first kappa shape index (κ1) is 11.9. The molecule has 1 rings (SSSR count). The number of amides is 1. The summed E-state index contributed by atoms with van der Waals surface area (Å²) in [6, 6.07) is 0. The van der Waals surface area contributed by atoms with Crippen LogP contribution in [0, 0.1) is 5.92 Å². The van der Waals surface area contributed by atoms with Gasteiger partial charge in [0, 0.05) is 19.6 Å². The third-order valence-electron chi connectivity index (χ3n) is 2.48. The summed E-state index contributed by atoms with van der Waals surface area (Å²) in [5.74, 6) is 1.70. The summed E-state index contributed by atoms with van der Waals surface area (Å²) in [5.41, 5.74) is 0. The Hall–Kier alpha value is -0.220. The quantitative estimate of drug-likeness (QED) is 0.620. The maximum Gasteiger partial charge on any atom is 0.225 e. The Bertz CT molecular complexity index is 172. The van der Waals surface area contributed by atoms with Gasteiger partial charge in [-0.05, 0) is 24.9 Å². The smallest absolute Gasteiger partial charge is 0.225 e. The first-order chi connectivity index (χ1) is 6.84. The van der Waals surface area contributed by atoms with Crippen LogP contribution >= 0.6 is 11.8 Å². The molecule has 14 heavy (non-hydrogen) atoms. The van der Waals surface area contributed by atoms with Gasteiger partial charge in [0.25, 0.3) is 0 Å². The Morgan fingerprint density at radius 3 is 2.79 bits per heavy atom. The fourth-order valence-corrected chi connectivity index (χ4v) is 1.87. The van der Waals surface area contributed by atoms with Gasteiger partial charge in [0.05, 0.1) is 5.92 Å². The van der Waals surface area contributed by atoms with Crippen molar-refractivity contribution in [2.45, 2.75) is 19.3 Å². The van der Waals surface area contributed by atoms with E-state index >= 15 is 0 Å². The average molecular weight is 216 g/mol. The standard InChI is InChI=1S/C10H20N2OS/c1-14-6-4-2-3-5-12-10(13)9-7-11-8-9/h9,11H,2-8H2,1H3,(H,12,13). The molecule has 1 fully saturated rings. The van der Waals surface area contributed by atoms with E-state index < -0.39 is 0 Å². The van der Waals surface area contributed by atoms with E-state index in [4.69, 9.17) is 0 Å². The molecule has 1 amide bonds. The molecule has 1 aliphatic heterocycles. The van der Waals surface area contributed by atoms with Crippen LogP contribution in [0.25, 0.3) is 0 Å². The molecule has 82 valence electrons. The Morgan fingerprint density at radius 2 is 2.21 bits per heavy atom. The lowest BCUT2D eigenvalue weighted by Gasteiger charge is -2.25. The van der Waals surface area contributed by atoms with Crippen molar-refractivity contribution in [2.24, 2.45) is 5.92 Å². The van der Waals surface area contributed by atoms with Gasteiger partial charge in [0.1, 0.15) is 0 Å². The van der Waals surface area contributed by atoms with E-state index in [0.717, 1.165) is 26.1 Å². The van der Waals surface area contributed by atoms with Crippen LogP contribution in [0.3, 0.4) is 0 Å². The van der Waals surface area contributed by atoms with Gasteiger partial charge in [-0.3, -0.25) is 4.79 Å². The third kappa shape index (κ3) is 4.33. The number of nitrogens with one attached hydrogen (secondary N) is 2. The molecule has 0 spiro atoms. The minimum absolute atomic E-state index is 0.230. The van der Waals surface area contributed by atoms with Crippen molar-refractivity contribution in [3.8, 4) is 0 Å². The Morgan fingerprint density at radius 1 is 1.43 bits per heavy atom. The molecule has 1 aliphatic rings. The number of thioether (sulfide) groups is 1. The topological polar surface area (TPSA) is 41.1 Å².